The summed E-state index contributed by atoms with van der Waals surface area (Å²) in [5.74, 6) is 0.818. The fourth-order valence-electron chi connectivity index (χ4n) is 1.76. The molecule has 0 unspecified atom stereocenters. The second-order valence-corrected chi connectivity index (χ2v) is 5.60. The molecule has 2 rings (SSSR count). The third-order valence-electron chi connectivity index (χ3n) is 2.67. The molecule has 0 saturated heterocycles. The van der Waals surface area contributed by atoms with Crippen molar-refractivity contribution in [2.24, 2.45) is 0 Å². The molecule has 0 aliphatic heterocycles. The summed E-state index contributed by atoms with van der Waals surface area (Å²) in [4.78, 5) is 4.43. The van der Waals surface area contributed by atoms with Crippen LogP contribution < -0.4 is 5.32 Å². The van der Waals surface area contributed by atoms with Gasteiger partial charge in [-0.25, -0.2) is 4.98 Å². The van der Waals surface area contributed by atoms with Gasteiger partial charge in [-0.15, -0.1) is 0 Å². The SMILES string of the molecule is CCNc1ccc(Cl)c(COCc2cccc(Br)c2)n1. The lowest BCUT2D eigenvalue weighted by molar-refractivity contribution is 0.105. The average Bonchev–Trinajstić information content (AvgIpc) is 2.43. The largest absolute Gasteiger partial charge is 0.370 e. The molecule has 0 radical (unpaired) electrons. The Hall–Kier alpha value is -1.10. The summed E-state index contributed by atoms with van der Waals surface area (Å²) in [6.45, 7) is 3.78. The quantitative estimate of drug-likeness (QED) is 0.819. The van der Waals surface area contributed by atoms with Crippen molar-refractivity contribution in [2.45, 2.75) is 20.1 Å². The number of hydrogen-bond donors (Lipinski definition) is 1. The van der Waals surface area contributed by atoms with E-state index in [-0.39, 0.29) is 0 Å². The minimum absolute atomic E-state index is 0.393. The van der Waals surface area contributed by atoms with E-state index in [2.05, 4.69) is 26.2 Å². The van der Waals surface area contributed by atoms with Crippen molar-refractivity contribution in [3.63, 3.8) is 0 Å². The lowest BCUT2D eigenvalue weighted by Crippen LogP contribution is -2.03. The minimum atomic E-state index is 0.393. The molecule has 1 heterocycles. The fraction of sp³-hybridized carbons (Fsp3) is 0.267. The summed E-state index contributed by atoms with van der Waals surface area (Å²) in [6.07, 6.45) is 0. The summed E-state index contributed by atoms with van der Waals surface area (Å²) in [7, 11) is 0. The van der Waals surface area contributed by atoms with Gasteiger partial charge < -0.3 is 10.1 Å². The number of anilines is 1. The van der Waals surface area contributed by atoms with Crippen molar-refractivity contribution < 1.29 is 4.74 Å². The van der Waals surface area contributed by atoms with Gasteiger partial charge >= 0.3 is 0 Å². The highest BCUT2D eigenvalue weighted by molar-refractivity contribution is 9.10. The molecule has 1 N–H and O–H groups in total. The van der Waals surface area contributed by atoms with E-state index in [1.54, 1.807) is 0 Å². The van der Waals surface area contributed by atoms with E-state index in [9.17, 15) is 0 Å². The summed E-state index contributed by atoms with van der Waals surface area (Å²) in [5, 5.41) is 3.79. The molecule has 3 nitrogen and oxygen atoms in total. The Morgan fingerprint density at radius 2 is 2.10 bits per heavy atom. The number of halogens is 2. The molecule has 0 saturated carbocycles. The molecule has 0 aliphatic rings. The number of rotatable bonds is 6. The Labute approximate surface area is 132 Å². The van der Waals surface area contributed by atoms with E-state index in [0.29, 0.717) is 18.2 Å². The van der Waals surface area contributed by atoms with Crippen molar-refractivity contribution in [2.75, 3.05) is 11.9 Å². The number of aromatic nitrogens is 1. The number of benzene rings is 1. The summed E-state index contributed by atoms with van der Waals surface area (Å²) in [6, 6.07) is 11.7. The van der Waals surface area contributed by atoms with Crippen LogP contribution in [0.15, 0.2) is 40.9 Å². The molecule has 0 spiro atoms. The monoisotopic (exact) mass is 354 g/mol. The maximum Gasteiger partial charge on any atom is 0.126 e. The molecular formula is C15H16BrClN2O. The van der Waals surface area contributed by atoms with Gasteiger partial charge in [-0.05, 0) is 36.8 Å². The maximum atomic E-state index is 6.13. The Morgan fingerprint density at radius 1 is 1.25 bits per heavy atom. The lowest BCUT2D eigenvalue weighted by Gasteiger charge is -2.09. The van der Waals surface area contributed by atoms with Crippen molar-refractivity contribution in [1.82, 2.24) is 4.98 Å². The van der Waals surface area contributed by atoms with Crippen LogP contribution in [0.3, 0.4) is 0 Å². The molecule has 1 aromatic carbocycles. The minimum Gasteiger partial charge on any atom is -0.370 e. The van der Waals surface area contributed by atoms with Crippen LogP contribution in [0, 0.1) is 0 Å². The first-order valence-electron chi connectivity index (χ1n) is 6.40. The number of hydrogen-bond acceptors (Lipinski definition) is 3. The molecule has 2 aromatic rings. The molecule has 20 heavy (non-hydrogen) atoms. The van der Waals surface area contributed by atoms with Crippen LogP contribution in [0.5, 0.6) is 0 Å². The first-order chi connectivity index (χ1) is 9.69. The third kappa shape index (κ3) is 4.47. The fourth-order valence-corrected chi connectivity index (χ4v) is 2.36. The molecule has 0 aliphatic carbocycles. The zero-order chi connectivity index (χ0) is 14.4. The van der Waals surface area contributed by atoms with Crippen LogP contribution >= 0.6 is 27.5 Å². The van der Waals surface area contributed by atoms with Gasteiger partial charge in [0.1, 0.15) is 5.82 Å². The second kappa shape index (κ2) is 7.62. The standard InChI is InChI=1S/C15H16BrClN2O/c1-2-18-15-7-6-13(17)14(19-15)10-20-9-11-4-3-5-12(16)8-11/h3-8H,2,9-10H2,1H3,(H,18,19). The Balaban J connectivity index is 1.95. The van der Waals surface area contributed by atoms with Crippen molar-refractivity contribution >= 4 is 33.3 Å². The zero-order valence-electron chi connectivity index (χ0n) is 11.2. The predicted octanol–water partition coefficient (Wildman–Crippen LogP) is 4.65. The second-order valence-electron chi connectivity index (χ2n) is 4.28. The molecule has 0 fully saturated rings. The van der Waals surface area contributed by atoms with Gasteiger partial charge in [-0.3, -0.25) is 0 Å². The van der Waals surface area contributed by atoms with Gasteiger partial charge in [0, 0.05) is 11.0 Å². The highest BCUT2D eigenvalue weighted by Gasteiger charge is 2.04. The van der Waals surface area contributed by atoms with Crippen LogP contribution in [0.25, 0.3) is 0 Å². The van der Waals surface area contributed by atoms with E-state index >= 15 is 0 Å². The van der Waals surface area contributed by atoms with E-state index in [1.165, 1.54) is 0 Å². The number of nitrogens with zero attached hydrogens (tertiary/aromatic N) is 1. The first-order valence-corrected chi connectivity index (χ1v) is 7.57. The van der Waals surface area contributed by atoms with E-state index < -0.39 is 0 Å². The summed E-state index contributed by atoms with van der Waals surface area (Å²) < 4.78 is 6.72. The van der Waals surface area contributed by atoms with Crippen LogP contribution in [-0.4, -0.2) is 11.5 Å². The van der Waals surface area contributed by atoms with Gasteiger partial charge in [-0.2, -0.15) is 0 Å². The van der Waals surface area contributed by atoms with E-state index in [1.807, 2.05) is 43.3 Å². The molecule has 0 atom stereocenters. The Kier molecular flexibility index (Phi) is 5.83. The van der Waals surface area contributed by atoms with Crippen LogP contribution in [-0.2, 0) is 18.0 Å². The summed E-state index contributed by atoms with van der Waals surface area (Å²) in [5.41, 5.74) is 1.86. The molecular weight excluding hydrogens is 340 g/mol. The number of pyridine rings is 1. The maximum absolute atomic E-state index is 6.13. The van der Waals surface area contributed by atoms with Crippen molar-refractivity contribution in [1.29, 1.82) is 0 Å². The van der Waals surface area contributed by atoms with E-state index in [0.717, 1.165) is 28.1 Å². The topological polar surface area (TPSA) is 34.1 Å². The predicted molar refractivity (Wildman–Crippen MR) is 86.0 cm³/mol. The smallest absolute Gasteiger partial charge is 0.126 e. The molecule has 0 amide bonds. The molecule has 0 bridgehead atoms. The third-order valence-corrected chi connectivity index (χ3v) is 3.51. The lowest BCUT2D eigenvalue weighted by atomic mass is 10.2. The Bertz CT molecular complexity index is 578. The first kappa shape index (κ1) is 15.3. The number of nitrogens with one attached hydrogen (secondary N) is 1. The molecule has 106 valence electrons. The highest BCUT2D eigenvalue weighted by Crippen LogP contribution is 2.18. The number of ether oxygens (including phenoxy) is 1. The van der Waals surface area contributed by atoms with Crippen LogP contribution in [0.2, 0.25) is 5.02 Å². The van der Waals surface area contributed by atoms with Crippen molar-refractivity contribution in [3.8, 4) is 0 Å². The summed E-state index contributed by atoms with van der Waals surface area (Å²) >= 11 is 9.57. The highest BCUT2D eigenvalue weighted by atomic mass is 79.9. The van der Waals surface area contributed by atoms with Crippen LogP contribution in [0.4, 0.5) is 5.82 Å². The van der Waals surface area contributed by atoms with Gasteiger partial charge in [0.25, 0.3) is 0 Å². The molecule has 5 heteroatoms. The van der Waals surface area contributed by atoms with Crippen LogP contribution in [0.1, 0.15) is 18.2 Å². The molecule has 1 aromatic heterocycles. The van der Waals surface area contributed by atoms with Crippen molar-refractivity contribution in [3.05, 3.63) is 57.2 Å². The van der Waals surface area contributed by atoms with E-state index in [4.69, 9.17) is 16.3 Å². The average molecular weight is 356 g/mol. The zero-order valence-corrected chi connectivity index (χ0v) is 13.5. The van der Waals surface area contributed by atoms with Gasteiger partial charge in [-0.1, -0.05) is 39.7 Å². The normalized spacial score (nSPS) is 10.6. The van der Waals surface area contributed by atoms with Gasteiger partial charge in [0.2, 0.25) is 0 Å². The van der Waals surface area contributed by atoms with Gasteiger partial charge in [0.15, 0.2) is 0 Å². The Morgan fingerprint density at radius 3 is 2.85 bits per heavy atom. The van der Waals surface area contributed by atoms with Gasteiger partial charge in [0.05, 0.1) is 23.9 Å².